The third-order valence-electron chi connectivity index (χ3n) is 2.82. The zero-order valence-corrected chi connectivity index (χ0v) is 15.1. The summed E-state index contributed by atoms with van der Waals surface area (Å²) in [5.74, 6) is 0.176. The smallest absolute Gasteiger partial charge is 0.277 e. The molecule has 6 nitrogen and oxygen atoms in total. The Labute approximate surface area is 155 Å². The van der Waals surface area contributed by atoms with E-state index in [9.17, 15) is 4.79 Å². The van der Waals surface area contributed by atoms with Crippen LogP contribution in [0.15, 0.2) is 41.1 Å². The number of halogens is 2. The average Bonchev–Trinajstić information content (AvgIpc) is 3.02. The summed E-state index contributed by atoms with van der Waals surface area (Å²) in [6, 6.07) is 5.37. The van der Waals surface area contributed by atoms with Gasteiger partial charge in [-0.2, -0.15) is 0 Å². The van der Waals surface area contributed by atoms with Crippen molar-refractivity contribution in [3.8, 4) is 0 Å². The molecule has 0 spiro atoms. The number of nitrogens with zero attached hydrogens (tertiary/aromatic N) is 4. The van der Waals surface area contributed by atoms with E-state index in [4.69, 9.17) is 23.2 Å². The highest BCUT2D eigenvalue weighted by atomic mass is 35.5. The van der Waals surface area contributed by atoms with E-state index in [1.54, 1.807) is 18.2 Å². The van der Waals surface area contributed by atoms with Crippen LogP contribution >= 0.6 is 46.3 Å². The fourth-order valence-corrected chi connectivity index (χ4v) is 4.19. The summed E-state index contributed by atoms with van der Waals surface area (Å²) in [5.41, 5.74) is 1.05. The van der Waals surface area contributed by atoms with E-state index in [2.05, 4.69) is 25.5 Å². The van der Waals surface area contributed by atoms with Gasteiger partial charge < -0.3 is 0 Å². The molecule has 1 aromatic carbocycles. The third kappa shape index (κ3) is 4.21. The average molecular weight is 398 g/mol. The van der Waals surface area contributed by atoms with Gasteiger partial charge in [-0.1, -0.05) is 52.4 Å². The molecule has 0 saturated carbocycles. The summed E-state index contributed by atoms with van der Waals surface area (Å²) >= 11 is 15.0. The molecule has 3 aromatic rings. The van der Waals surface area contributed by atoms with Crippen molar-refractivity contribution in [3.63, 3.8) is 0 Å². The van der Waals surface area contributed by atoms with Crippen LogP contribution in [0.4, 0.5) is 5.13 Å². The van der Waals surface area contributed by atoms with E-state index < -0.39 is 0 Å². The van der Waals surface area contributed by atoms with Crippen molar-refractivity contribution < 1.29 is 4.79 Å². The number of aromatic nitrogens is 4. The summed E-state index contributed by atoms with van der Waals surface area (Å²) in [6.07, 6.45) is 4.32. The Morgan fingerprint density at radius 3 is 2.71 bits per heavy atom. The standard InChI is InChI=1S/C14H9Cl2N5OS2/c15-9-2-1-3-10(16)8(9)7-23-14-21-20-13(24-14)19-12(22)11-6-17-4-5-18-11/h1-6H,7H2,(H,19,20,22). The Balaban J connectivity index is 1.63. The van der Waals surface area contributed by atoms with Crippen molar-refractivity contribution in [2.45, 2.75) is 10.1 Å². The molecule has 0 fully saturated rings. The molecule has 0 atom stereocenters. The highest BCUT2D eigenvalue weighted by molar-refractivity contribution is 8.00. The molecule has 1 amide bonds. The number of thioether (sulfide) groups is 1. The second kappa shape index (κ2) is 7.89. The molecule has 0 aliphatic heterocycles. The molecule has 122 valence electrons. The maximum absolute atomic E-state index is 12.0. The molecular formula is C14H9Cl2N5OS2. The summed E-state index contributed by atoms with van der Waals surface area (Å²) in [5, 5.41) is 12.2. The molecule has 0 radical (unpaired) electrons. The van der Waals surface area contributed by atoms with Gasteiger partial charge in [0.25, 0.3) is 5.91 Å². The zero-order chi connectivity index (χ0) is 16.9. The van der Waals surface area contributed by atoms with Gasteiger partial charge in [0, 0.05) is 28.2 Å². The van der Waals surface area contributed by atoms with Crippen LogP contribution in [0.1, 0.15) is 16.1 Å². The number of benzene rings is 1. The van der Waals surface area contributed by atoms with E-state index >= 15 is 0 Å². The predicted molar refractivity (Wildman–Crippen MR) is 95.9 cm³/mol. The number of carbonyl (C=O) groups excluding carboxylic acids is 1. The molecule has 0 unspecified atom stereocenters. The van der Waals surface area contributed by atoms with E-state index in [0.717, 1.165) is 5.56 Å². The van der Waals surface area contributed by atoms with Gasteiger partial charge in [0.2, 0.25) is 5.13 Å². The van der Waals surface area contributed by atoms with Gasteiger partial charge >= 0.3 is 0 Å². The lowest BCUT2D eigenvalue weighted by Crippen LogP contribution is -2.13. The lowest BCUT2D eigenvalue weighted by Gasteiger charge is -2.04. The maximum Gasteiger partial charge on any atom is 0.277 e. The molecule has 0 saturated heterocycles. The molecule has 0 aliphatic rings. The number of carbonyl (C=O) groups is 1. The number of hydrogen-bond acceptors (Lipinski definition) is 7. The summed E-state index contributed by atoms with van der Waals surface area (Å²) in [7, 11) is 0. The number of rotatable bonds is 5. The first-order valence-corrected chi connectivity index (χ1v) is 9.16. The van der Waals surface area contributed by atoms with E-state index in [-0.39, 0.29) is 11.6 Å². The highest BCUT2D eigenvalue weighted by Gasteiger charge is 2.13. The Bertz CT molecular complexity index is 839. The van der Waals surface area contributed by atoms with E-state index in [1.807, 2.05) is 0 Å². The van der Waals surface area contributed by atoms with Crippen LogP contribution in [0.5, 0.6) is 0 Å². The lowest BCUT2D eigenvalue weighted by molar-refractivity contribution is 0.102. The van der Waals surface area contributed by atoms with E-state index in [0.29, 0.717) is 25.3 Å². The van der Waals surface area contributed by atoms with Gasteiger partial charge in [0.1, 0.15) is 5.69 Å². The fourth-order valence-electron chi connectivity index (χ4n) is 1.70. The Kier molecular flexibility index (Phi) is 5.62. The first kappa shape index (κ1) is 17.1. The normalized spacial score (nSPS) is 10.6. The van der Waals surface area contributed by atoms with Crippen LogP contribution in [-0.2, 0) is 5.75 Å². The minimum absolute atomic E-state index is 0.213. The monoisotopic (exact) mass is 397 g/mol. The molecule has 2 heterocycles. The highest BCUT2D eigenvalue weighted by Crippen LogP contribution is 2.33. The van der Waals surface area contributed by atoms with Crippen LogP contribution in [-0.4, -0.2) is 26.1 Å². The van der Waals surface area contributed by atoms with Crippen LogP contribution < -0.4 is 5.32 Å². The Morgan fingerprint density at radius 1 is 1.21 bits per heavy atom. The van der Waals surface area contributed by atoms with E-state index in [1.165, 1.54) is 41.7 Å². The molecule has 1 N–H and O–H groups in total. The van der Waals surface area contributed by atoms with Gasteiger partial charge in [-0.05, 0) is 17.7 Å². The quantitative estimate of drug-likeness (QED) is 0.513. The Hall–Kier alpha value is -1.74. The minimum Gasteiger partial charge on any atom is -0.295 e. The van der Waals surface area contributed by atoms with Crippen molar-refractivity contribution >= 4 is 57.3 Å². The first-order valence-electron chi connectivity index (χ1n) is 6.60. The number of anilines is 1. The van der Waals surface area contributed by atoms with Crippen molar-refractivity contribution in [1.29, 1.82) is 0 Å². The zero-order valence-electron chi connectivity index (χ0n) is 11.9. The molecule has 3 rings (SSSR count). The maximum atomic E-state index is 12.0. The summed E-state index contributed by atoms with van der Waals surface area (Å²) in [4.78, 5) is 19.7. The molecule has 24 heavy (non-hydrogen) atoms. The fraction of sp³-hybridized carbons (Fsp3) is 0.0714. The largest absolute Gasteiger partial charge is 0.295 e. The lowest BCUT2D eigenvalue weighted by atomic mass is 10.2. The third-order valence-corrected chi connectivity index (χ3v) is 5.53. The van der Waals surface area contributed by atoms with Gasteiger partial charge in [-0.3, -0.25) is 15.1 Å². The number of nitrogens with one attached hydrogen (secondary N) is 1. The van der Waals surface area contributed by atoms with Gasteiger partial charge in [-0.15, -0.1) is 10.2 Å². The van der Waals surface area contributed by atoms with Gasteiger partial charge in [0.05, 0.1) is 6.20 Å². The molecule has 2 aromatic heterocycles. The number of amides is 1. The molecular weight excluding hydrogens is 389 g/mol. The van der Waals surface area contributed by atoms with Crippen LogP contribution in [0, 0.1) is 0 Å². The second-order valence-electron chi connectivity index (χ2n) is 4.41. The van der Waals surface area contributed by atoms with Crippen molar-refractivity contribution in [1.82, 2.24) is 20.2 Å². The first-order chi connectivity index (χ1) is 11.6. The van der Waals surface area contributed by atoms with Crippen LogP contribution in [0.25, 0.3) is 0 Å². The summed E-state index contributed by atoms with van der Waals surface area (Å²) in [6.45, 7) is 0. The SMILES string of the molecule is O=C(Nc1nnc(SCc2c(Cl)cccc2Cl)s1)c1cnccn1. The van der Waals surface area contributed by atoms with Crippen molar-refractivity contribution in [2.24, 2.45) is 0 Å². The number of hydrogen-bond donors (Lipinski definition) is 1. The summed E-state index contributed by atoms with van der Waals surface area (Å²) < 4.78 is 0.695. The van der Waals surface area contributed by atoms with Gasteiger partial charge in [0.15, 0.2) is 4.34 Å². The molecule has 0 aliphatic carbocycles. The van der Waals surface area contributed by atoms with Gasteiger partial charge in [-0.25, -0.2) is 4.98 Å². The Morgan fingerprint density at radius 2 is 2.00 bits per heavy atom. The molecule has 10 heteroatoms. The topological polar surface area (TPSA) is 80.7 Å². The minimum atomic E-state index is -0.384. The van der Waals surface area contributed by atoms with Crippen molar-refractivity contribution in [2.75, 3.05) is 5.32 Å². The van der Waals surface area contributed by atoms with Crippen LogP contribution in [0.2, 0.25) is 10.0 Å². The van der Waals surface area contributed by atoms with Crippen LogP contribution in [0.3, 0.4) is 0 Å². The second-order valence-corrected chi connectivity index (χ2v) is 7.42. The molecule has 0 bridgehead atoms. The predicted octanol–water partition coefficient (Wildman–Crippen LogP) is 4.18. The van der Waals surface area contributed by atoms with Crippen molar-refractivity contribution in [3.05, 3.63) is 58.1 Å².